The van der Waals surface area contributed by atoms with E-state index >= 15 is 0 Å². The van der Waals surface area contributed by atoms with Crippen LogP contribution in [0.5, 0.6) is 0 Å². The average molecular weight is 217 g/mol. The van der Waals surface area contributed by atoms with E-state index in [-0.39, 0.29) is 5.92 Å². The molecule has 0 aliphatic rings. The number of anilines is 1. The maximum Gasteiger partial charge on any atom is 0.260 e. The van der Waals surface area contributed by atoms with Gasteiger partial charge in [0.25, 0.3) is 5.89 Å². The Kier molecular flexibility index (Phi) is 2.64. The first-order valence-corrected chi connectivity index (χ1v) is 5.28. The highest BCUT2D eigenvalue weighted by Crippen LogP contribution is 2.28. The van der Waals surface area contributed by atoms with E-state index in [1.807, 2.05) is 39.0 Å². The molecule has 1 heterocycles. The van der Waals surface area contributed by atoms with Crippen molar-refractivity contribution < 1.29 is 4.52 Å². The van der Waals surface area contributed by atoms with E-state index in [4.69, 9.17) is 10.3 Å². The average Bonchev–Trinajstić information content (AvgIpc) is 2.66. The van der Waals surface area contributed by atoms with Crippen molar-refractivity contribution in [3.63, 3.8) is 0 Å². The second kappa shape index (κ2) is 3.96. The summed E-state index contributed by atoms with van der Waals surface area (Å²) in [6.45, 7) is 6.02. The number of nitrogens with two attached hydrogens (primary N) is 1. The van der Waals surface area contributed by atoms with Gasteiger partial charge in [0.05, 0.1) is 5.56 Å². The Hall–Kier alpha value is -1.84. The Labute approximate surface area is 94.5 Å². The van der Waals surface area contributed by atoms with E-state index in [1.54, 1.807) is 0 Å². The van der Waals surface area contributed by atoms with Crippen molar-refractivity contribution in [3.05, 3.63) is 29.6 Å². The van der Waals surface area contributed by atoms with Crippen LogP contribution in [0.4, 0.5) is 5.69 Å². The van der Waals surface area contributed by atoms with Crippen molar-refractivity contribution in [1.82, 2.24) is 10.1 Å². The summed E-state index contributed by atoms with van der Waals surface area (Å²) < 4.78 is 5.23. The quantitative estimate of drug-likeness (QED) is 0.785. The lowest BCUT2D eigenvalue weighted by Gasteiger charge is -2.03. The van der Waals surface area contributed by atoms with Gasteiger partial charge in [0.1, 0.15) is 0 Å². The van der Waals surface area contributed by atoms with Crippen LogP contribution in [-0.2, 0) is 0 Å². The van der Waals surface area contributed by atoms with Crippen LogP contribution in [0.2, 0.25) is 0 Å². The Morgan fingerprint density at radius 2 is 2.06 bits per heavy atom. The molecular formula is C12H15N3O. The second-order valence-electron chi connectivity index (χ2n) is 4.15. The lowest BCUT2D eigenvalue weighted by Crippen LogP contribution is -1.94. The van der Waals surface area contributed by atoms with Gasteiger partial charge in [-0.2, -0.15) is 4.98 Å². The van der Waals surface area contributed by atoms with Crippen molar-refractivity contribution in [2.75, 3.05) is 5.73 Å². The third-order valence-corrected chi connectivity index (χ3v) is 2.48. The lowest BCUT2D eigenvalue weighted by molar-refractivity contribution is 0.419. The molecule has 0 bridgehead atoms. The molecule has 0 radical (unpaired) electrons. The minimum Gasteiger partial charge on any atom is -0.398 e. The predicted molar refractivity (Wildman–Crippen MR) is 63.0 cm³/mol. The number of aromatic nitrogens is 2. The molecular weight excluding hydrogens is 202 g/mol. The van der Waals surface area contributed by atoms with Crippen LogP contribution in [0.25, 0.3) is 11.5 Å². The zero-order valence-corrected chi connectivity index (χ0v) is 9.69. The highest BCUT2D eigenvalue weighted by molar-refractivity contribution is 5.73. The summed E-state index contributed by atoms with van der Waals surface area (Å²) in [4.78, 5) is 4.34. The van der Waals surface area contributed by atoms with Gasteiger partial charge in [-0.05, 0) is 18.6 Å². The molecule has 84 valence electrons. The standard InChI is InChI=1S/C12H15N3O/c1-7(2)11-14-12(16-15-11)10-8(3)5-4-6-9(10)13/h4-7H,13H2,1-3H3. The van der Waals surface area contributed by atoms with Crippen LogP contribution in [-0.4, -0.2) is 10.1 Å². The minimum atomic E-state index is 0.253. The summed E-state index contributed by atoms with van der Waals surface area (Å²) in [6, 6.07) is 5.72. The Morgan fingerprint density at radius 3 is 2.62 bits per heavy atom. The van der Waals surface area contributed by atoms with Crippen LogP contribution >= 0.6 is 0 Å². The zero-order valence-electron chi connectivity index (χ0n) is 9.69. The summed E-state index contributed by atoms with van der Waals surface area (Å²) in [5.74, 6) is 1.46. The number of benzene rings is 1. The third kappa shape index (κ3) is 1.78. The molecule has 2 rings (SSSR count). The summed E-state index contributed by atoms with van der Waals surface area (Å²) in [5.41, 5.74) is 8.45. The molecule has 0 spiro atoms. The summed E-state index contributed by atoms with van der Waals surface area (Å²) >= 11 is 0. The zero-order chi connectivity index (χ0) is 11.7. The molecule has 0 unspecified atom stereocenters. The van der Waals surface area contributed by atoms with Gasteiger partial charge in [-0.3, -0.25) is 0 Å². The highest BCUT2D eigenvalue weighted by Gasteiger charge is 2.15. The molecule has 4 nitrogen and oxygen atoms in total. The first-order chi connectivity index (χ1) is 7.59. The summed E-state index contributed by atoms with van der Waals surface area (Å²) in [5, 5.41) is 3.93. The fraction of sp³-hybridized carbons (Fsp3) is 0.333. The van der Waals surface area contributed by atoms with Gasteiger partial charge < -0.3 is 10.3 Å². The Bertz CT molecular complexity index is 482. The SMILES string of the molecule is Cc1cccc(N)c1-c1nc(C(C)C)no1. The van der Waals surface area contributed by atoms with Crippen LogP contribution in [0, 0.1) is 6.92 Å². The first kappa shape index (κ1) is 10.7. The number of aryl methyl sites for hydroxylation is 1. The first-order valence-electron chi connectivity index (χ1n) is 5.28. The van der Waals surface area contributed by atoms with E-state index in [1.165, 1.54) is 0 Å². The fourth-order valence-electron chi connectivity index (χ4n) is 1.55. The Balaban J connectivity index is 2.50. The van der Waals surface area contributed by atoms with E-state index in [0.29, 0.717) is 17.4 Å². The number of hydrogen-bond donors (Lipinski definition) is 1. The van der Waals surface area contributed by atoms with Gasteiger partial charge in [0.2, 0.25) is 0 Å². The molecule has 0 aliphatic carbocycles. The van der Waals surface area contributed by atoms with Gasteiger partial charge in [-0.1, -0.05) is 31.1 Å². The number of hydrogen-bond acceptors (Lipinski definition) is 4. The van der Waals surface area contributed by atoms with Gasteiger partial charge in [0.15, 0.2) is 5.82 Å². The number of nitrogen functional groups attached to an aromatic ring is 1. The molecule has 0 fully saturated rings. The predicted octanol–water partition coefficient (Wildman–Crippen LogP) is 2.75. The van der Waals surface area contributed by atoms with Crippen LogP contribution in [0.15, 0.2) is 22.7 Å². The van der Waals surface area contributed by atoms with Crippen LogP contribution in [0.3, 0.4) is 0 Å². The van der Waals surface area contributed by atoms with E-state index < -0.39 is 0 Å². The topological polar surface area (TPSA) is 64.9 Å². The van der Waals surface area contributed by atoms with Crippen LogP contribution < -0.4 is 5.73 Å². The smallest absolute Gasteiger partial charge is 0.260 e. The molecule has 0 amide bonds. The molecule has 0 saturated heterocycles. The number of rotatable bonds is 2. The molecule has 1 aromatic heterocycles. The van der Waals surface area contributed by atoms with Crippen LogP contribution in [0.1, 0.15) is 31.2 Å². The largest absolute Gasteiger partial charge is 0.398 e. The maximum atomic E-state index is 5.91. The van der Waals surface area contributed by atoms with E-state index in [2.05, 4.69) is 10.1 Å². The second-order valence-corrected chi connectivity index (χ2v) is 4.15. The molecule has 2 N–H and O–H groups in total. The van der Waals surface area contributed by atoms with Gasteiger partial charge in [-0.25, -0.2) is 0 Å². The lowest BCUT2D eigenvalue weighted by atomic mass is 10.1. The van der Waals surface area contributed by atoms with Crippen molar-refractivity contribution in [3.8, 4) is 11.5 Å². The maximum absolute atomic E-state index is 5.91. The van der Waals surface area contributed by atoms with Gasteiger partial charge in [-0.15, -0.1) is 0 Å². The third-order valence-electron chi connectivity index (χ3n) is 2.48. The van der Waals surface area contributed by atoms with Crippen molar-refractivity contribution in [1.29, 1.82) is 0 Å². The summed E-state index contributed by atoms with van der Waals surface area (Å²) in [7, 11) is 0. The molecule has 0 atom stereocenters. The van der Waals surface area contributed by atoms with E-state index in [0.717, 1.165) is 11.1 Å². The van der Waals surface area contributed by atoms with Gasteiger partial charge in [0, 0.05) is 11.6 Å². The summed E-state index contributed by atoms with van der Waals surface area (Å²) in [6.07, 6.45) is 0. The minimum absolute atomic E-state index is 0.253. The molecule has 2 aromatic rings. The van der Waals surface area contributed by atoms with Crippen molar-refractivity contribution in [2.45, 2.75) is 26.7 Å². The normalized spacial score (nSPS) is 11.0. The van der Waals surface area contributed by atoms with E-state index in [9.17, 15) is 0 Å². The molecule has 0 aliphatic heterocycles. The Morgan fingerprint density at radius 1 is 1.31 bits per heavy atom. The molecule has 1 aromatic carbocycles. The molecule has 0 saturated carbocycles. The van der Waals surface area contributed by atoms with Crippen molar-refractivity contribution in [2.24, 2.45) is 0 Å². The highest BCUT2D eigenvalue weighted by atomic mass is 16.5. The monoisotopic (exact) mass is 217 g/mol. The molecule has 16 heavy (non-hydrogen) atoms. The fourth-order valence-corrected chi connectivity index (χ4v) is 1.55. The van der Waals surface area contributed by atoms with Gasteiger partial charge >= 0.3 is 0 Å². The molecule has 4 heteroatoms. The van der Waals surface area contributed by atoms with Crippen molar-refractivity contribution >= 4 is 5.69 Å². The number of nitrogens with zero attached hydrogens (tertiary/aromatic N) is 2.